The van der Waals surface area contributed by atoms with Crippen LogP contribution in [0, 0.1) is 56.7 Å². The van der Waals surface area contributed by atoms with Crippen LogP contribution in [0.5, 0.6) is 0 Å². The molecule has 0 radical (unpaired) electrons. The maximum atomic E-state index is 17.6. The van der Waals surface area contributed by atoms with Gasteiger partial charge in [0, 0.05) is 28.1 Å². The summed E-state index contributed by atoms with van der Waals surface area (Å²) in [5.41, 5.74) is -7.70. The molecule has 240 valence electrons. The van der Waals surface area contributed by atoms with Crippen LogP contribution in [-0.4, -0.2) is 59.3 Å². The van der Waals surface area contributed by atoms with Crippen LogP contribution in [0.25, 0.3) is 0 Å². The molecule has 0 aromatic rings. The third kappa shape index (κ3) is 3.59. The van der Waals surface area contributed by atoms with Crippen molar-refractivity contribution < 1.29 is 42.5 Å². The summed E-state index contributed by atoms with van der Waals surface area (Å²) in [5, 5.41) is 20.9. The molecule has 0 saturated heterocycles. The minimum absolute atomic E-state index is 0.000694. The van der Waals surface area contributed by atoms with Crippen molar-refractivity contribution in [3.05, 3.63) is 23.8 Å². The van der Waals surface area contributed by atoms with E-state index in [0.29, 0.717) is 12.3 Å². The number of halogens is 2. The van der Waals surface area contributed by atoms with E-state index in [9.17, 15) is 24.8 Å². The molecule has 5 saturated carbocycles. The first kappa shape index (κ1) is 31.2. The standard InChI is InChI=1S/C34H43F2NO7/c1-18-13-21-22-16-24(35)23-15-20(38)8-10-30(23,4)33(22,36)25(39)17-32(21,6)34(18,27(40)42-12-11-37)44-28(41)43-26-14-19-7-9-31(26,5)29(19,2)3/h8,10,15,18-19,21-22,24-26,39H,7,9,12-14,16-17H2,1-6H3/t18-,19-,21+,22+,24+,25+,26+,30+,31+,32+,33?,34-/m1/s1. The van der Waals surface area contributed by atoms with E-state index in [1.807, 2.05) is 0 Å². The summed E-state index contributed by atoms with van der Waals surface area (Å²) in [7, 11) is 0. The van der Waals surface area contributed by atoms with Crippen molar-refractivity contribution in [2.24, 2.45) is 45.3 Å². The largest absolute Gasteiger partial charge is 0.509 e. The normalized spacial score (nSPS) is 49.7. The number of rotatable bonds is 4. The summed E-state index contributed by atoms with van der Waals surface area (Å²) in [6.45, 7) is 10.7. The van der Waals surface area contributed by atoms with Crippen LogP contribution in [0.4, 0.5) is 13.6 Å². The number of carbonyl (C=O) groups excluding carboxylic acids is 3. The predicted octanol–water partition coefficient (Wildman–Crippen LogP) is 5.72. The van der Waals surface area contributed by atoms with E-state index in [-0.39, 0.29) is 35.7 Å². The lowest BCUT2D eigenvalue weighted by Gasteiger charge is -2.62. The van der Waals surface area contributed by atoms with E-state index < -0.39 is 82.7 Å². The fourth-order valence-corrected chi connectivity index (χ4v) is 11.0. The zero-order valence-electron chi connectivity index (χ0n) is 26.3. The molecule has 12 atom stereocenters. The zero-order chi connectivity index (χ0) is 32.3. The Balaban J connectivity index is 1.38. The molecule has 0 aromatic carbocycles. The van der Waals surface area contributed by atoms with Gasteiger partial charge < -0.3 is 19.3 Å². The van der Waals surface area contributed by atoms with E-state index in [1.54, 1.807) is 19.9 Å². The lowest BCUT2D eigenvalue weighted by atomic mass is 9.44. The average Bonchev–Trinajstić information content (AvgIpc) is 3.39. The van der Waals surface area contributed by atoms with Crippen molar-refractivity contribution in [3.8, 4) is 6.07 Å². The first-order valence-corrected chi connectivity index (χ1v) is 15.8. The number of aliphatic hydroxyl groups is 1. The van der Waals surface area contributed by atoms with Crippen molar-refractivity contribution in [1.82, 2.24) is 0 Å². The van der Waals surface area contributed by atoms with Crippen LogP contribution in [0.1, 0.15) is 80.1 Å². The van der Waals surface area contributed by atoms with Crippen LogP contribution >= 0.6 is 0 Å². The lowest BCUT2D eigenvalue weighted by Crippen LogP contribution is -2.71. The second-order valence-electron chi connectivity index (χ2n) is 15.5. The molecule has 44 heavy (non-hydrogen) atoms. The van der Waals surface area contributed by atoms with Gasteiger partial charge in [-0.25, -0.2) is 18.4 Å². The van der Waals surface area contributed by atoms with E-state index in [1.165, 1.54) is 19.1 Å². The number of nitriles is 1. The van der Waals surface area contributed by atoms with Gasteiger partial charge in [0.05, 0.1) is 6.10 Å². The zero-order valence-corrected chi connectivity index (χ0v) is 26.3. The number of ketones is 1. The quantitative estimate of drug-likeness (QED) is 0.398. The predicted molar refractivity (Wildman–Crippen MR) is 153 cm³/mol. The maximum Gasteiger partial charge on any atom is 0.509 e. The fraction of sp³-hybridized carbons (Fsp3) is 0.765. The molecule has 0 aliphatic heterocycles. The van der Waals surface area contributed by atoms with Crippen molar-refractivity contribution >= 4 is 17.9 Å². The summed E-state index contributed by atoms with van der Waals surface area (Å²) >= 11 is 0. The number of hydrogen-bond donors (Lipinski definition) is 1. The molecule has 0 aromatic heterocycles. The van der Waals surface area contributed by atoms with Gasteiger partial charge in [0.2, 0.25) is 5.60 Å². The number of hydrogen-bond acceptors (Lipinski definition) is 8. The molecule has 0 spiro atoms. The van der Waals surface area contributed by atoms with Crippen LogP contribution in [0.2, 0.25) is 0 Å². The fourth-order valence-electron chi connectivity index (χ4n) is 11.0. The molecular formula is C34H43F2NO7. The third-order valence-electron chi connectivity index (χ3n) is 13.9. The number of nitrogens with zero attached hydrogens (tertiary/aromatic N) is 1. The summed E-state index contributed by atoms with van der Waals surface area (Å²) in [6, 6.07) is 1.77. The van der Waals surface area contributed by atoms with Crippen LogP contribution < -0.4 is 0 Å². The Morgan fingerprint density at radius 1 is 1.11 bits per heavy atom. The first-order valence-electron chi connectivity index (χ1n) is 15.8. The number of allylic oxidation sites excluding steroid dienone is 4. The third-order valence-corrected chi connectivity index (χ3v) is 13.9. The Hall–Kier alpha value is -2.80. The highest BCUT2D eigenvalue weighted by Gasteiger charge is 2.79. The highest BCUT2D eigenvalue weighted by Crippen LogP contribution is 2.72. The summed E-state index contributed by atoms with van der Waals surface area (Å²) < 4.78 is 51.0. The van der Waals surface area contributed by atoms with E-state index >= 15 is 8.78 Å². The second kappa shape index (κ2) is 9.60. The van der Waals surface area contributed by atoms with Gasteiger partial charge in [-0.3, -0.25) is 4.79 Å². The number of aliphatic hydroxyl groups excluding tert-OH is 1. The minimum Gasteiger partial charge on any atom is -0.447 e. The van der Waals surface area contributed by atoms with Gasteiger partial charge >= 0.3 is 12.1 Å². The molecule has 6 rings (SSSR count). The Morgan fingerprint density at radius 2 is 1.82 bits per heavy atom. The van der Waals surface area contributed by atoms with Crippen LogP contribution in [-0.2, 0) is 23.8 Å². The molecule has 2 bridgehead atoms. The van der Waals surface area contributed by atoms with Crippen molar-refractivity contribution in [2.45, 2.75) is 110 Å². The first-order chi connectivity index (χ1) is 20.4. The number of carbonyl (C=O) groups is 3. The smallest absolute Gasteiger partial charge is 0.447 e. The average molecular weight is 616 g/mol. The lowest BCUT2D eigenvalue weighted by molar-refractivity contribution is -0.234. The molecule has 1 N–H and O–H groups in total. The van der Waals surface area contributed by atoms with Gasteiger partial charge in [0.15, 0.2) is 18.1 Å². The van der Waals surface area contributed by atoms with Crippen molar-refractivity contribution in [3.63, 3.8) is 0 Å². The Kier molecular flexibility index (Phi) is 6.81. The van der Waals surface area contributed by atoms with Crippen molar-refractivity contribution in [1.29, 1.82) is 5.26 Å². The van der Waals surface area contributed by atoms with E-state index in [4.69, 9.17) is 14.2 Å². The number of esters is 1. The van der Waals surface area contributed by atoms with Crippen LogP contribution in [0.15, 0.2) is 23.8 Å². The molecule has 0 amide bonds. The minimum atomic E-state index is -2.36. The molecule has 6 aliphatic rings. The van der Waals surface area contributed by atoms with Gasteiger partial charge in [-0.1, -0.05) is 40.7 Å². The van der Waals surface area contributed by atoms with Gasteiger partial charge in [0.25, 0.3) is 0 Å². The molecular weight excluding hydrogens is 572 g/mol. The topological polar surface area (TPSA) is 123 Å². The number of ether oxygens (including phenoxy) is 3. The second-order valence-corrected chi connectivity index (χ2v) is 15.5. The van der Waals surface area contributed by atoms with E-state index in [2.05, 4.69) is 20.8 Å². The van der Waals surface area contributed by atoms with Gasteiger partial charge in [-0.2, -0.15) is 5.26 Å². The molecule has 10 heteroatoms. The molecule has 0 heterocycles. The Morgan fingerprint density at radius 3 is 2.43 bits per heavy atom. The van der Waals surface area contributed by atoms with Gasteiger partial charge in [-0.05, 0) is 80.4 Å². The maximum absolute atomic E-state index is 17.6. The highest BCUT2D eigenvalue weighted by atomic mass is 19.1. The monoisotopic (exact) mass is 615 g/mol. The van der Waals surface area contributed by atoms with Crippen molar-refractivity contribution in [2.75, 3.05) is 6.61 Å². The summed E-state index contributed by atoms with van der Waals surface area (Å²) in [4.78, 5) is 39.9. The number of fused-ring (bicyclic) bond motifs is 7. The molecule has 8 nitrogen and oxygen atoms in total. The number of alkyl halides is 2. The Labute approximate surface area is 257 Å². The van der Waals surface area contributed by atoms with Crippen LogP contribution in [0.3, 0.4) is 0 Å². The molecule has 5 fully saturated rings. The summed E-state index contributed by atoms with van der Waals surface area (Å²) in [5.74, 6) is -3.55. The Bertz CT molecular complexity index is 1400. The molecule has 1 unspecified atom stereocenters. The van der Waals surface area contributed by atoms with E-state index in [0.717, 1.165) is 18.9 Å². The SMILES string of the molecule is C[C@@H]1C[C@H]2[C@@H]3C[C@H](F)C4=CC(=O)C=C[C@]4(C)C3(F)[C@@H](O)C[C@]2(C)[C@]1(OC(=O)O[C@H]1C[C@H]2CC[C@]1(C)C2(C)C)C(=O)OCC#N. The van der Waals surface area contributed by atoms with Gasteiger partial charge in [-0.15, -0.1) is 0 Å². The summed E-state index contributed by atoms with van der Waals surface area (Å²) in [6.07, 6.45) is 1.02. The molecule has 6 aliphatic carbocycles. The highest BCUT2D eigenvalue weighted by molar-refractivity contribution is 6.01. The van der Waals surface area contributed by atoms with Gasteiger partial charge in [0.1, 0.15) is 18.3 Å².